The number of rotatable bonds is 4. The summed E-state index contributed by atoms with van der Waals surface area (Å²) in [6.07, 6.45) is 7.03. The fourth-order valence-corrected chi connectivity index (χ4v) is 2.98. The van der Waals surface area contributed by atoms with E-state index in [0.29, 0.717) is 0 Å². The van der Waals surface area contributed by atoms with E-state index in [1.165, 1.54) is 38.6 Å². The van der Waals surface area contributed by atoms with Gasteiger partial charge in [0.05, 0.1) is 0 Å². The lowest BCUT2D eigenvalue weighted by molar-refractivity contribution is 0.0800. The van der Waals surface area contributed by atoms with Crippen molar-refractivity contribution in [3.05, 3.63) is 0 Å². The summed E-state index contributed by atoms with van der Waals surface area (Å²) in [5.74, 6) is 1.92. The topological polar surface area (TPSA) is 3.24 Å². The average Bonchev–Trinajstić information content (AvgIpc) is 2.14. The van der Waals surface area contributed by atoms with Gasteiger partial charge in [-0.1, -0.05) is 26.7 Å². The maximum atomic E-state index is 2.57. The van der Waals surface area contributed by atoms with Crippen molar-refractivity contribution in [3.8, 4) is 0 Å². The molecule has 0 N–H and O–H groups in total. The highest BCUT2D eigenvalue weighted by Crippen LogP contribution is 2.31. The van der Waals surface area contributed by atoms with Gasteiger partial charge in [-0.2, -0.15) is 0 Å². The van der Waals surface area contributed by atoms with E-state index in [1.54, 1.807) is 0 Å². The molecule has 0 saturated carbocycles. The van der Waals surface area contributed by atoms with E-state index in [-0.39, 0.29) is 0 Å². The molecule has 14 heavy (non-hydrogen) atoms. The first-order valence-corrected chi connectivity index (χ1v) is 6.39. The summed E-state index contributed by atoms with van der Waals surface area (Å²) in [6.45, 7) is 8.36. The van der Waals surface area contributed by atoms with E-state index in [9.17, 15) is 0 Å². The molecule has 0 amide bonds. The molecular formula is C13H27N. The highest BCUT2D eigenvalue weighted by atomic mass is 15.1. The van der Waals surface area contributed by atoms with E-state index < -0.39 is 0 Å². The molecule has 1 aliphatic heterocycles. The first-order valence-electron chi connectivity index (χ1n) is 6.39. The van der Waals surface area contributed by atoms with Gasteiger partial charge in [0, 0.05) is 12.6 Å². The third-order valence-electron chi connectivity index (χ3n) is 3.92. The Morgan fingerprint density at radius 2 is 1.79 bits per heavy atom. The zero-order valence-corrected chi connectivity index (χ0v) is 10.4. The van der Waals surface area contributed by atoms with Gasteiger partial charge in [-0.05, 0) is 45.1 Å². The molecule has 3 atom stereocenters. The van der Waals surface area contributed by atoms with Crippen LogP contribution < -0.4 is 0 Å². The minimum atomic E-state index is 0.808. The maximum absolute atomic E-state index is 2.57. The van der Waals surface area contributed by atoms with Crippen LogP contribution in [0.15, 0.2) is 0 Å². The third-order valence-corrected chi connectivity index (χ3v) is 3.92. The molecule has 1 saturated heterocycles. The Bertz CT molecular complexity index is 155. The SMILES string of the molecule is CCCC1CC(CCC)C(C)N(C)C1. The van der Waals surface area contributed by atoms with Crippen LogP contribution in [0.3, 0.4) is 0 Å². The van der Waals surface area contributed by atoms with Crippen molar-refractivity contribution in [2.75, 3.05) is 13.6 Å². The molecule has 0 aromatic heterocycles. The highest BCUT2D eigenvalue weighted by molar-refractivity contribution is 4.83. The second-order valence-electron chi connectivity index (χ2n) is 5.12. The van der Waals surface area contributed by atoms with E-state index in [2.05, 4.69) is 32.7 Å². The Kier molecular flexibility index (Phi) is 4.94. The fraction of sp³-hybridized carbons (Fsp3) is 1.00. The molecule has 1 rings (SSSR count). The Morgan fingerprint density at radius 1 is 1.14 bits per heavy atom. The molecule has 0 aliphatic carbocycles. The summed E-state index contributed by atoms with van der Waals surface area (Å²) in [5.41, 5.74) is 0. The highest BCUT2D eigenvalue weighted by Gasteiger charge is 2.29. The Hall–Kier alpha value is -0.0400. The number of likely N-dealkylation sites (tertiary alicyclic amines) is 1. The normalized spacial score (nSPS) is 34.7. The van der Waals surface area contributed by atoms with E-state index in [0.717, 1.165) is 17.9 Å². The van der Waals surface area contributed by atoms with Crippen molar-refractivity contribution < 1.29 is 0 Å². The largest absolute Gasteiger partial charge is 0.303 e. The van der Waals surface area contributed by atoms with E-state index in [1.807, 2.05) is 0 Å². The zero-order chi connectivity index (χ0) is 10.6. The van der Waals surface area contributed by atoms with E-state index >= 15 is 0 Å². The lowest BCUT2D eigenvalue weighted by Crippen LogP contribution is -2.44. The lowest BCUT2D eigenvalue weighted by Gasteiger charge is -2.41. The van der Waals surface area contributed by atoms with Gasteiger partial charge >= 0.3 is 0 Å². The average molecular weight is 197 g/mol. The molecule has 1 heterocycles. The Balaban J connectivity index is 2.47. The van der Waals surface area contributed by atoms with Crippen LogP contribution in [0, 0.1) is 11.8 Å². The second kappa shape index (κ2) is 5.75. The third kappa shape index (κ3) is 2.98. The summed E-state index contributed by atoms with van der Waals surface area (Å²) >= 11 is 0. The van der Waals surface area contributed by atoms with Gasteiger partial charge in [0.25, 0.3) is 0 Å². The van der Waals surface area contributed by atoms with Crippen LogP contribution in [0.5, 0.6) is 0 Å². The van der Waals surface area contributed by atoms with Gasteiger partial charge in [0.15, 0.2) is 0 Å². The minimum absolute atomic E-state index is 0.808. The Labute approximate surface area is 89.9 Å². The molecule has 3 unspecified atom stereocenters. The molecule has 1 aliphatic rings. The summed E-state index contributed by atoms with van der Waals surface area (Å²) in [6, 6.07) is 0.808. The first kappa shape index (κ1) is 12.0. The van der Waals surface area contributed by atoms with Gasteiger partial charge in [-0.25, -0.2) is 0 Å². The standard InChI is InChI=1S/C13H27N/c1-5-7-12-9-13(8-6-2)11(3)14(4)10-12/h11-13H,5-10H2,1-4H3. The molecular weight excluding hydrogens is 170 g/mol. The minimum Gasteiger partial charge on any atom is -0.303 e. The van der Waals surface area contributed by atoms with Crippen molar-refractivity contribution in [1.82, 2.24) is 4.90 Å². The van der Waals surface area contributed by atoms with Gasteiger partial charge in [0.1, 0.15) is 0 Å². The lowest BCUT2D eigenvalue weighted by atomic mass is 9.80. The number of piperidine rings is 1. The van der Waals surface area contributed by atoms with Crippen molar-refractivity contribution >= 4 is 0 Å². The van der Waals surface area contributed by atoms with Crippen molar-refractivity contribution in [1.29, 1.82) is 0 Å². The predicted octanol–water partition coefficient (Wildman–Crippen LogP) is 3.54. The van der Waals surface area contributed by atoms with Crippen molar-refractivity contribution in [3.63, 3.8) is 0 Å². The van der Waals surface area contributed by atoms with Crippen molar-refractivity contribution in [2.45, 2.75) is 58.9 Å². The molecule has 84 valence electrons. The van der Waals surface area contributed by atoms with Gasteiger partial charge in [0.2, 0.25) is 0 Å². The van der Waals surface area contributed by atoms with Crippen LogP contribution >= 0.6 is 0 Å². The van der Waals surface area contributed by atoms with Gasteiger partial charge in [-0.3, -0.25) is 0 Å². The second-order valence-corrected chi connectivity index (χ2v) is 5.12. The van der Waals surface area contributed by atoms with Crippen molar-refractivity contribution in [2.24, 2.45) is 11.8 Å². The van der Waals surface area contributed by atoms with Crippen LogP contribution in [-0.2, 0) is 0 Å². The van der Waals surface area contributed by atoms with Crippen LogP contribution in [-0.4, -0.2) is 24.5 Å². The molecule has 0 spiro atoms. The summed E-state index contributed by atoms with van der Waals surface area (Å²) < 4.78 is 0. The molecule has 0 aromatic rings. The maximum Gasteiger partial charge on any atom is 0.00923 e. The quantitative estimate of drug-likeness (QED) is 0.666. The molecule has 1 heteroatoms. The molecule has 0 radical (unpaired) electrons. The molecule has 1 fully saturated rings. The number of nitrogens with zero attached hydrogens (tertiary/aromatic N) is 1. The summed E-state index contributed by atoms with van der Waals surface area (Å²) in [4.78, 5) is 2.57. The molecule has 1 nitrogen and oxygen atoms in total. The smallest absolute Gasteiger partial charge is 0.00923 e. The molecule has 0 aromatic carbocycles. The first-order chi connectivity index (χ1) is 6.69. The van der Waals surface area contributed by atoms with Crippen LogP contribution in [0.25, 0.3) is 0 Å². The zero-order valence-electron chi connectivity index (χ0n) is 10.4. The molecule has 0 bridgehead atoms. The van der Waals surface area contributed by atoms with Crippen LogP contribution in [0.1, 0.15) is 52.9 Å². The van der Waals surface area contributed by atoms with Crippen LogP contribution in [0.4, 0.5) is 0 Å². The number of hydrogen-bond donors (Lipinski definition) is 0. The Morgan fingerprint density at radius 3 is 2.36 bits per heavy atom. The fourth-order valence-electron chi connectivity index (χ4n) is 2.98. The predicted molar refractivity (Wildman–Crippen MR) is 63.5 cm³/mol. The van der Waals surface area contributed by atoms with E-state index in [4.69, 9.17) is 0 Å². The van der Waals surface area contributed by atoms with Crippen LogP contribution in [0.2, 0.25) is 0 Å². The van der Waals surface area contributed by atoms with Gasteiger partial charge < -0.3 is 4.90 Å². The van der Waals surface area contributed by atoms with Gasteiger partial charge in [-0.15, -0.1) is 0 Å². The summed E-state index contributed by atoms with van der Waals surface area (Å²) in [5, 5.41) is 0. The summed E-state index contributed by atoms with van der Waals surface area (Å²) in [7, 11) is 2.30. The number of hydrogen-bond acceptors (Lipinski definition) is 1. The monoisotopic (exact) mass is 197 g/mol.